The molecule has 0 saturated heterocycles. The van der Waals surface area contributed by atoms with Crippen LogP contribution in [-0.4, -0.2) is 29.9 Å². The van der Waals surface area contributed by atoms with Crippen molar-refractivity contribution in [2.45, 2.75) is 19.4 Å². The number of benzene rings is 3. The van der Waals surface area contributed by atoms with Gasteiger partial charge in [0.05, 0.1) is 0 Å². The molecule has 3 aromatic carbocycles. The lowest BCUT2D eigenvalue weighted by Gasteiger charge is -2.19. The fraction of sp³-hybridized carbons (Fsp3) is 0.200. The van der Waals surface area contributed by atoms with Crippen molar-refractivity contribution in [1.82, 2.24) is 5.32 Å². The highest BCUT2D eigenvalue weighted by Crippen LogP contribution is 2.20. The lowest BCUT2D eigenvalue weighted by Crippen LogP contribution is -2.44. The normalized spacial score (nSPS) is 11.4. The maximum absolute atomic E-state index is 13.0. The van der Waals surface area contributed by atoms with E-state index >= 15 is 0 Å². The van der Waals surface area contributed by atoms with Crippen molar-refractivity contribution in [1.29, 1.82) is 0 Å². The highest BCUT2D eigenvalue weighted by Gasteiger charge is 2.21. The molecule has 1 atom stereocenters. The zero-order valence-electron chi connectivity index (χ0n) is 17.7. The van der Waals surface area contributed by atoms with Crippen LogP contribution in [0.2, 0.25) is 0 Å². The smallest absolute Gasteiger partial charge is 0.251 e. The zero-order valence-corrected chi connectivity index (χ0v) is 18.5. The summed E-state index contributed by atoms with van der Waals surface area (Å²) in [5.74, 6) is 0.290. The number of carbonyl (C=O) groups excluding carboxylic acids is 2. The number of hydrogen-bond donors (Lipinski definition) is 3. The Morgan fingerprint density at radius 2 is 1.58 bits per heavy atom. The fourth-order valence-corrected chi connectivity index (χ4v) is 3.60. The number of para-hydroxylation sites is 1. The van der Waals surface area contributed by atoms with Gasteiger partial charge in [-0.15, -0.1) is 0 Å². The Kier molecular flexibility index (Phi) is 8.12. The van der Waals surface area contributed by atoms with Crippen molar-refractivity contribution < 1.29 is 9.59 Å². The van der Waals surface area contributed by atoms with Crippen molar-refractivity contribution in [3.63, 3.8) is 0 Å². The zero-order chi connectivity index (χ0) is 22.1. The Bertz CT molecular complexity index is 1020. The second kappa shape index (κ2) is 11.2. The Hall–Kier alpha value is -3.25. The minimum atomic E-state index is -0.619. The predicted molar refractivity (Wildman–Crippen MR) is 130 cm³/mol. The summed E-state index contributed by atoms with van der Waals surface area (Å²) in [6, 6.07) is 24.1. The van der Waals surface area contributed by atoms with E-state index in [1.807, 2.05) is 86.0 Å². The lowest BCUT2D eigenvalue weighted by atomic mass is 10.1. The Morgan fingerprint density at radius 1 is 0.871 bits per heavy atom. The van der Waals surface area contributed by atoms with Crippen LogP contribution >= 0.6 is 11.8 Å². The summed E-state index contributed by atoms with van der Waals surface area (Å²) < 4.78 is 0. The maximum atomic E-state index is 13.0. The Balaban J connectivity index is 1.68. The van der Waals surface area contributed by atoms with E-state index in [4.69, 9.17) is 0 Å². The second-order valence-electron chi connectivity index (χ2n) is 7.24. The first-order valence-electron chi connectivity index (χ1n) is 10.1. The van der Waals surface area contributed by atoms with E-state index in [1.54, 1.807) is 17.8 Å². The van der Waals surface area contributed by atoms with Gasteiger partial charge in [-0.25, -0.2) is 0 Å². The number of nitrogens with one attached hydrogen (secondary N) is 3. The Labute approximate surface area is 187 Å². The molecular formula is C25H27N3O2S. The molecular weight excluding hydrogens is 406 g/mol. The van der Waals surface area contributed by atoms with Gasteiger partial charge in [-0.2, -0.15) is 11.8 Å². The van der Waals surface area contributed by atoms with Crippen molar-refractivity contribution in [2.24, 2.45) is 0 Å². The number of hydrogen-bond acceptors (Lipinski definition) is 4. The molecule has 0 fully saturated rings. The topological polar surface area (TPSA) is 70.2 Å². The molecule has 0 aromatic heterocycles. The Morgan fingerprint density at radius 3 is 2.32 bits per heavy atom. The third kappa shape index (κ3) is 6.89. The molecule has 3 N–H and O–H groups in total. The third-order valence-corrected chi connectivity index (χ3v) is 5.35. The van der Waals surface area contributed by atoms with Gasteiger partial charge >= 0.3 is 0 Å². The summed E-state index contributed by atoms with van der Waals surface area (Å²) in [4.78, 5) is 25.6. The highest BCUT2D eigenvalue weighted by molar-refractivity contribution is 7.98. The molecule has 1 unspecified atom stereocenters. The molecule has 0 aliphatic carbocycles. The van der Waals surface area contributed by atoms with Crippen molar-refractivity contribution >= 4 is 40.6 Å². The van der Waals surface area contributed by atoms with Gasteiger partial charge in [-0.1, -0.05) is 42.0 Å². The standard InChI is InChI=1S/C25H27N3O2S/c1-18-8-6-9-19(16-18)24(29)28-23(14-15-31-2)25(30)27-22-13-7-12-21(17-22)26-20-10-4-3-5-11-20/h3-13,16-17,23,26H,14-15H2,1-2H3,(H,27,30)(H,28,29). The van der Waals surface area contributed by atoms with Crippen LogP contribution in [0, 0.1) is 6.92 Å². The monoisotopic (exact) mass is 433 g/mol. The molecule has 0 spiro atoms. The maximum Gasteiger partial charge on any atom is 0.251 e. The van der Waals surface area contributed by atoms with Crippen LogP contribution in [0.3, 0.4) is 0 Å². The van der Waals surface area contributed by atoms with Gasteiger partial charge in [-0.05, 0) is 67.8 Å². The van der Waals surface area contributed by atoms with E-state index in [2.05, 4.69) is 16.0 Å². The van der Waals surface area contributed by atoms with Crippen LogP contribution in [-0.2, 0) is 4.79 Å². The van der Waals surface area contributed by atoms with E-state index in [1.165, 1.54) is 0 Å². The van der Waals surface area contributed by atoms with Gasteiger partial charge in [-0.3, -0.25) is 9.59 Å². The summed E-state index contributed by atoms with van der Waals surface area (Å²) in [5, 5.41) is 9.15. The molecule has 0 heterocycles. The molecule has 0 bridgehead atoms. The minimum Gasteiger partial charge on any atom is -0.355 e. The van der Waals surface area contributed by atoms with Crippen molar-refractivity contribution in [3.8, 4) is 0 Å². The summed E-state index contributed by atoms with van der Waals surface area (Å²) in [6.45, 7) is 1.94. The van der Waals surface area contributed by atoms with E-state index in [9.17, 15) is 9.59 Å². The molecule has 31 heavy (non-hydrogen) atoms. The molecule has 0 saturated carbocycles. The van der Waals surface area contributed by atoms with Crippen LogP contribution in [0.4, 0.5) is 17.1 Å². The molecule has 5 nitrogen and oxygen atoms in total. The van der Waals surface area contributed by atoms with Gasteiger partial charge in [0.15, 0.2) is 0 Å². The quantitative estimate of drug-likeness (QED) is 0.432. The van der Waals surface area contributed by atoms with Crippen molar-refractivity contribution in [2.75, 3.05) is 22.6 Å². The number of rotatable bonds is 9. The SMILES string of the molecule is CSCCC(NC(=O)c1cccc(C)c1)C(=O)Nc1cccc(Nc2ccccc2)c1. The molecule has 0 radical (unpaired) electrons. The predicted octanol–water partition coefficient (Wildman–Crippen LogP) is 5.23. The molecule has 160 valence electrons. The summed E-state index contributed by atoms with van der Waals surface area (Å²) in [7, 11) is 0. The van der Waals surface area contributed by atoms with Gasteiger partial charge in [0, 0.05) is 22.6 Å². The number of carbonyl (C=O) groups is 2. The van der Waals surface area contributed by atoms with Crippen LogP contribution in [0.25, 0.3) is 0 Å². The van der Waals surface area contributed by atoms with Gasteiger partial charge in [0.25, 0.3) is 5.91 Å². The van der Waals surface area contributed by atoms with Crippen LogP contribution in [0.15, 0.2) is 78.9 Å². The number of amides is 2. The van der Waals surface area contributed by atoms with Gasteiger partial charge in [0.1, 0.15) is 6.04 Å². The molecule has 3 aromatic rings. The summed E-state index contributed by atoms with van der Waals surface area (Å²) >= 11 is 1.64. The molecule has 2 amide bonds. The van der Waals surface area contributed by atoms with E-state index < -0.39 is 6.04 Å². The van der Waals surface area contributed by atoms with E-state index in [0.29, 0.717) is 17.7 Å². The first-order valence-corrected chi connectivity index (χ1v) is 11.5. The molecule has 0 aliphatic rings. The fourth-order valence-electron chi connectivity index (χ4n) is 3.12. The highest BCUT2D eigenvalue weighted by atomic mass is 32.2. The first-order chi connectivity index (χ1) is 15.0. The largest absolute Gasteiger partial charge is 0.355 e. The van der Waals surface area contributed by atoms with Crippen LogP contribution in [0.5, 0.6) is 0 Å². The minimum absolute atomic E-state index is 0.230. The van der Waals surface area contributed by atoms with Crippen molar-refractivity contribution in [3.05, 3.63) is 90.0 Å². The number of anilines is 3. The van der Waals surface area contributed by atoms with Crippen LogP contribution < -0.4 is 16.0 Å². The molecule has 6 heteroatoms. The van der Waals surface area contributed by atoms with Crippen LogP contribution in [0.1, 0.15) is 22.3 Å². The van der Waals surface area contributed by atoms with Gasteiger partial charge < -0.3 is 16.0 Å². The lowest BCUT2D eigenvalue weighted by molar-refractivity contribution is -0.118. The molecule has 3 rings (SSSR count). The second-order valence-corrected chi connectivity index (χ2v) is 8.22. The van der Waals surface area contributed by atoms with E-state index in [0.717, 1.165) is 22.7 Å². The van der Waals surface area contributed by atoms with E-state index in [-0.39, 0.29) is 11.8 Å². The third-order valence-electron chi connectivity index (χ3n) is 4.71. The number of aryl methyl sites for hydroxylation is 1. The average Bonchev–Trinajstić information content (AvgIpc) is 2.77. The average molecular weight is 434 g/mol. The number of thioether (sulfide) groups is 1. The first kappa shape index (κ1) is 22.4. The van der Waals surface area contributed by atoms with Gasteiger partial charge in [0.2, 0.25) is 5.91 Å². The summed E-state index contributed by atoms with van der Waals surface area (Å²) in [5.41, 5.74) is 4.06. The molecule has 0 aliphatic heterocycles. The summed E-state index contributed by atoms with van der Waals surface area (Å²) in [6.07, 6.45) is 2.53.